The summed E-state index contributed by atoms with van der Waals surface area (Å²) in [6.45, 7) is 0. The average molecular weight is 413 g/mol. The van der Waals surface area contributed by atoms with E-state index in [1.54, 1.807) is 42.5 Å². The highest BCUT2D eigenvalue weighted by Gasteiger charge is 2.33. The quantitative estimate of drug-likeness (QED) is 0.335. The summed E-state index contributed by atoms with van der Waals surface area (Å²) >= 11 is 6.09. The molecular formula is C18H9ClN4O6. The molecule has 0 fully saturated rings. The lowest BCUT2D eigenvalue weighted by Crippen LogP contribution is -2.06. The second kappa shape index (κ2) is 6.53. The molecule has 0 atom stereocenters. The Morgan fingerprint density at radius 3 is 1.90 bits per heavy atom. The van der Waals surface area contributed by atoms with Gasteiger partial charge in [0.25, 0.3) is 5.69 Å². The SMILES string of the molecule is O=[N+]([O-])c1cc([N+](=O)[O-])c(-n2c3ccccc3c3cc(Cl)ccc32)c([N+](=O)[O-])c1. The van der Waals surface area contributed by atoms with Gasteiger partial charge in [-0.25, -0.2) is 0 Å². The third-order valence-electron chi connectivity index (χ3n) is 4.52. The van der Waals surface area contributed by atoms with Gasteiger partial charge in [0.2, 0.25) is 5.69 Å². The van der Waals surface area contributed by atoms with E-state index in [0.29, 0.717) is 26.8 Å². The molecule has 0 unspecified atom stereocenters. The van der Waals surface area contributed by atoms with E-state index in [-0.39, 0.29) is 5.69 Å². The van der Waals surface area contributed by atoms with Gasteiger partial charge in [0.05, 0.1) is 37.9 Å². The molecule has 0 aliphatic carbocycles. The van der Waals surface area contributed by atoms with Crippen LogP contribution in [0.2, 0.25) is 5.02 Å². The molecule has 0 bridgehead atoms. The molecule has 10 nitrogen and oxygen atoms in total. The molecule has 0 saturated carbocycles. The molecule has 4 aromatic rings. The minimum atomic E-state index is -0.907. The van der Waals surface area contributed by atoms with Crippen LogP contribution in [0.4, 0.5) is 17.1 Å². The smallest absolute Gasteiger partial charge is 0.298 e. The molecule has 0 saturated heterocycles. The molecule has 0 amide bonds. The van der Waals surface area contributed by atoms with Crippen molar-refractivity contribution in [2.24, 2.45) is 0 Å². The van der Waals surface area contributed by atoms with Gasteiger partial charge in [0.1, 0.15) is 0 Å². The molecule has 1 aromatic heterocycles. The number of nitro groups is 3. The van der Waals surface area contributed by atoms with Crippen LogP contribution in [0.15, 0.2) is 54.6 Å². The van der Waals surface area contributed by atoms with E-state index in [9.17, 15) is 30.3 Å². The fraction of sp³-hybridized carbons (Fsp3) is 0. The van der Waals surface area contributed by atoms with Crippen LogP contribution in [-0.4, -0.2) is 19.3 Å². The minimum absolute atomic E-state index is 0.362. The average Bonchev–Trinajstić information content (AvgIpc) is 3.00. The maximum absolute atomic E-state index is 11.7. The van der Waals surface area contributed by atoms with Crippen LogP contribution in [0.3, 0.4) is 0 Å². The number of hydrogen-bond donors (Lipinski definition) is 0. The van der Waals surface area contributed by atoms with E-state index in [1.165, 1.54) is 4.57 Å². The summed E-state index contributed by atoms with van der Waals surface area (Å²) in [6.07, 6.45) is 0. The Morgan fingerprint density at radius 1 is 0.724 bits per heavy atom. The number of aromatic nitrogens is 1. The molecule has 1 heterocycles. The summed E-state index contributed by atoms with van der Waals surface area (Å²) in [5.74, 6) is 0. The molecule has 0 N–H and O–H groups in total. The van der Waals surface area contributed by atoms with Gasteiger partial charge in [0.15, 0.2) is 0 Å². The van der Waals surface area contributed by atoms with Crippen molar-refractivity contribution < 1.29 is 14.8 Å². The van der Waals surface area contributed by atoms with Crippen molar-refractivity contribution in [3.63, 3.8) is 0 Å². The number of halogens is 1. The molecule has 3 aromatic carbocycles. The number of fused-ring (bicyclic) bond motifs is 3. The molecule has 29 heavy (non-hydrogen) atoms. The number of non-ortho nitro benzene ring substituents is 1. The molecule has 0 radical (unpaired) electrons. The molecule has 4 rings (SSSR count). The number of para-hydroxylation sites is 1. The van der Waals surface area contributed by atoms with E-state index in [1.807, 2.05) is 0 Å². The second-order valence-electron chi connectivity index (χ2n) is 6.12. The fourth-order valence-corrected chi connectivity index (χ4v) is 3.56. The van der Waals surface area contributed by atoms with Gasteiger partial charge < -0.3 is 0 Å². The van der Waals surface area contributed by atoms with Crippen LogP contribution in [0.5, 0.6) is 0 Å². The van der Waals surface area contributed by atoms with Crippen LogP contribution in [-0.2, 0) is 0 Å². The molecular weight excluding hydrogens is 404 g/mol. The maximum atomic E-state index is 11.7. The first kappa shape index (κ1) is 18.3. The molecule has 144 valence electrons. The lowest BCUT2D eigenvalue weighted by molar-refractivity contribution is -0.402. The van der Waals surface area contributed by atoms with Crippen molar-refractivity contribution in [1.29, 1.82) is 0 Å². The number of hydrogen-bond acceptors (Lipinski definition) is 6. The van der Waals surface area contributed by atoms with E-state index in [0.717, 1.165) is 12.1 Å². The lowest BCUT2D eigenvalue weighted by atomic mass is 10.2. The topological polar surface area (TPSA) is 134 Å². The summed E-state index contributed by atoms with van der Waals surface area (Å²) in [5.41, 5.74) is -1.69. The first-order valence-electron chi connectivity index (χ1n) is 8.10. The number of benzene rings is 3. The highest BCUT2D eigenvalue weighted by molar-refractivity contribution is 6.32. The number of nitrogens with zero attached hydrogens (tertiary/aromatic N) is 4. The largest absolute Gasteiger partial charge is 0.307 e. The highest BCUT2D eigenvalue weighted by Crippen LogP contribution is 2.42. The third kappa shape index (κ3) is 2.82. The minimum Gasteiger partial charge on any atom is -0.298 e. The zero-order valence-electron chi connectivity index (χ0n) is 14.3. The summed E-state index contributed by atoms with van der Waals surface area (Å²) in [7, 11) is 0. The Bertz CT molecular complexity index is 1330. The fourth-order valence-electron chi connectivity index (χ4n) is 3.39. The predicted octanol–water partition coefficient (Wildman–Crippen LogP) is 5.16. The van der Waals surface area contributed by atoms with Gasteiger partial charge >= 0.3 is 11.4 Å². The van der Waals surface area contributed by atoms with Crippen molar-refractivity contribution in [2.45, 2.75) is 0 Å². The lowest BCUT2D eigenvalue weighted by Gasteiger charge is -2.09. The van der Waals surface area contributed by atoms with Gasteiger partial charge in [-0.3, -0.25) is 34.9 Å². The first-order valence-corrected chi connectivity index (χ1v) is 8.47. The van der Waals surface area contributed by atoms with Crippen molar-refractivity contribution in [3.05, 3.63) is 90.0 Å². The van der Waals surface area contributed by atoms with Gasteiger partial charge in [-0.2, -0.15) is 0 Å². The molecule has 0 aliphatic heterocycles. The standard InChI is InChI=1S/C18H9ClN4O6/c19-10-5-6-15-13(7-10)12-3-1-2-4-14(12)20(15)18-16(22(26)27)8-11(21(24)25)9-17(18)23(28)29/h1-9H. The van der Waals surface area contributed by atoms with Crippen LogP contribution in [0.1, 0.15) is 0 Å². The second-order valence-corrected chi connectivity index (χ2v) is 6.55. The van der Waals surface area contributed by atoms with Gasteiger partial charge in [-0.05, 0) is 24.3 Å². The summed E-state index contributed by atoms with van der Waals surface area (Å²) in [4.78, 5) is 31.9. The van der Waals surface area contributed by atoms with E-state index in [4.69, 9.17) is 11.6 Å². The summed E-state index contributed by atoms with van der Waals surface area (Å²) in [5, 5.41) is 36.3. The third-order valence-corrected chi connectivity index (χ3v) is 4.75. The summed E-state index contributed by atoms with van der Waals surface area (Å²) < 4.78 is 1.36. The van der Waals surface area contributed by atoms with Crippen molar-refractivity contribution in [2.75, 3.05) is 0 Å². The molecule has 11 heteroatoms. The predicted molar refractivity (Wildman–Crippen MR) is 106 cm³/mol. The van der Waals surface area contributed by atoms with Gasteiger partial charge in [0, 0.05) is 15.8 Å². The van der Waals surface area contributed by atoms with Crippen molar-refractivity contribution in [1.82, 2.24) is 4.57 Å². The van der Waals surface area contributed by atoms with Crippen LogP contribution in [0, 0.1) is 30.3 Å². The van der Waals surface area contributed by atoms with Gasteiger partial charge in [-0.1, -0.05) is 29.8 Å². The normalized spacial score (nSPS) is 11.1. The van der Waals surface area contributed by atoms with E-state index < -0.39 is 31.8 Å². The van der Waals surface area contributed by atoms with Crippen LogP contribution in [0.25, 0.3) is 27.5 Å². The van der Waals surface area contributed by atoms with Crippen molar-refractivity contribution >= 4 is 50.5 Å². The Balaban J connectivity index is 2.26. The molecule has 0 spiro atoms. The molecule has 0 aliphatic rings. The zero-order chi connectivity index (χ0) is 20.9. The maximum Gasteiger partial charge on any atom is 0.307 e. The summed E-state index contributed by atoms with van der Waals surface area (Å²) in [6, 6.07) is 13.1. The number of nitro benzene ring substituents is 3. The Morgan fingerprint density at radius 2 is 1.31 bits per heavy atom. The zero-order valence-corrected chi connectivity index (χ0v) is 15.1. The first-order chi connectivity index (χ1) is 13.8. The van der Waals surface area contributed by atoms with Gasteiger partial charge in [-0.15, -0.1) is 0 Å². The Kier molecular flexibility index (Phi) is 4.13. The number of rotatable bonds is 4. The Labute approximate surface area is 166 Å². The monoisotopic (exact) mass is 412 g/mol. The van der Waals surface area contributed by atoms with Crippen LogP contribution < -0.4 is 0 Å². The van der Waals surface area contributed by atoms with E-state index in [2.05, 4.69) is 0 Å². The Hall–Kier alpha value is -4.05. The van der Waals surface area contributed by atoms with Crippen LogP contribution >= 0.6 is 11.6 Å². The van der Waals surface area contributed by atoms with E-state index >= 15 is 0 Å². The highest BCUT2D eigenvalue weighted by atomic mass is 35.5. The van der Waals surface area contributed by atoms with Crippen molar-refractivity contribution in [3.8, 4) is 5.69 Å².